The van der Waals surface area contributed by atoms with Gasteiger partial charge in [0, 0.05) is 29.9 Å². The second-order valence-electron chi connectivity index (χ2n) is 7.35. The standard InChI is InChI=1S/C25H22FN3O4/c1-32-21-9-16(10-22(33-2)25(21)31)8-19-18-14-27-23(26)11-17(18)20(29-19)12-24(30)28-13-15-6-4-3-5-7-15/h3-11,14,31H,12-13H2,1-2H3,(H,28,30). The number of benzene rings is 2. The molecule has 0 saturated carbocycles. The molecule has 168 valence electrons. The van der Waals surface area contributed by atoms with E-state index in [2.05, 4.69) is 15.3 Å². The fourth-order valence-corrected chi connectivity index (χ4v) is 3.55. The summed E-state index contributed by atoms with van der Waals surface area (Å²) >= 11 is 0. The van der Waals surface area contributed by atoms with Gasteiger partial charge in [0.15, 0.2) is 11.5 Å². The van der Waals surface area contributed by atoms with Gasteiger partial charge in [-0.05, 0) is 29.3 Å². The Morgan fingerprint density at radius 1 is 1.09 bits per heavy atom. The van der Waals surface area contributed by atoms with Gasteiger partial charge in [-0.25, -0.2) is 4.98 Å². The summed E-state index contributed by atoms with van der Waals surface area (Å²) in [5.74, 6) is -0.519. The van der Waals surface area contributed by atoms with Crippen LogP contribution in [0.1, 0.15) is 28.7 Å². The number of hydrogen-bond donors (Lipinski definition) is 2. The zero-order chi connectivity index (χ0) is 23.4. The molecule has 2 aromatic carbocycles. The first-order chi connectivity index (χ1) is 16.0. The molecule has 1 aliphatic rings. The van der Waals surface area contributed by atoms with Crippen molar-refractivity contribution in [2.45, 2.75) is 13.0 Å². The number of rotatable bonds is 7. The van der Waals surface area contributed by atoms with Gasteiger partial charge in [-0.3, -0.25) is 9.79 Å². The van der Waals surface area contributed by atoms with Crippen LogP contribution in [0.4, 0.5) is 4.39 Å². The van der Waals surface area contributed by atoms with Gasteiger partial charge in [0.1, 0.15) is 0 Å². The molecule has 0 aliphatic carbocycles. The molecule has 0 bridgehead atoms. The average molecular weight is 447 g/mol. The van der Waals surface area contributed by atoms with E-state index in [0.29, 0.717) is 34.6 Å². The molecule has 1 aliphatic heterocycles. The monoisotopic (exact) mass is 447 g/mol. The number of halogens is 1. The predicted octanol–water partition coefficient (Wildman–Crippen LogP) is 3.95. The third-order valence-corrected chi connectivity index (χ3v) is 5.18. The van der Waals surface area contributed by atoms with Crippen LogP contribution in [0.25, 0.3) is 11.8 Å². The topological polar surface area (TPSA) is 93.0 Å². The number of nitrogens with one attached hydrogen (secondary N) is 1. The van der Waals surface area contributed by atoms with Gasteiger partial charge in [-0.1, -0.05) is 30.3 Å². The van der Waals surface area contributed by atoms with E-state index in [0.717, 1.165) is 5.56 Å². The SMILES string of the molecule is COc1cc(C=C2N=C(CC(=O)NCc3ccccc3)c3cc(F)ncc32)cc(OC)c1O. The largest absolute Gasteiger partial charge is 0.502 e. The van der Waals surface area contributed by atoms with Crippen molar-refractivity contribution in [3.63, 3.8) is 0 Å². The van der Waals surface area contributed by atoms with Crippen molar-refractivity contribution in [3.05, 3.63) is 82.9 Å². The third-order valence-electron chi connectivity index (χ3n) is 5.18. The molecule has 0 unspecified atom stereocenters. The normalized spacial score (nSPS) is 13.4. The van der Waals surface area contributed by atoms with E-state index in [1.807, 2.05) is 30.3 Å². The van der Waals surface area contributed by atoms with Crippen LogP contribution in [0, 0.1) is 5.95 Å². The molecule has 2 heterocycles. The number of fused-ring (bicyclic) bond motifs is 1. The lowest BCUT2D eigenvalue weighted by molar-refractivity contribution is -0.120. The number of ether oxygens (including phenoxy) is 2. The minimum Gasteiger partial charge on any atom is -0.502 e. The van der Waals surface area contributed by atoms with E-state index in [1.54, 1.807) is 18.2 Å². The fraction of sp³-hybridized carbons (Fsp3) is 0.160. The van der Waals surface area contributed by atoms with Crippen LogP contribution in [-0.4, -0.2) is 35.9 Å². The second-order valence-corrected chi connectivity index (χ2v) is 7.35. The zero-order valence-electron chi connectivity index (χ0n) is 18.1. The Morgan fingerprint density at radius 3 is 2.45 bits per heavy atom. The summed E-state index contributed by atoms with van der Waals surface area (Å²) in [7, 11) is 2.88. The Hall–Kier alpha value is -4.20. The number of amides is 1. The van der Waals surface area contributed by atoms with Crippen molar-refractivity contribution in [2.24, 2.45) is 4.99 Å². The Bertz CT molecular complexity index is 1230. The number of methoxy groups -OCH3 is 2. The minimum atomic E-state index is -0.652. The Labute approximate surface area is 190 Å². The maximum absolute atomic E-state index is 13.9. The molecule has 33 heavy (non-hydrogen) atoms. The Morgan fingerprint density at radius 2 is 1.79 bits per heavy atom. The molecule has 2 N–H and O–H groups in total. The quantitative estimate of drug-likeness (QED) is 0.535. The first kappa shape index (κ1) is 22.0. The molecule has 0 fully saturated rings. The van der Waals surface area contributed by atoms with Gasteiger partial charge >= 0.3 is 0 Å². The van der Waals surface area contributed by atoms with E-state index in [1.165, 1.54) is 26.5 Å². The molecule has 0 atom stereocenters. The summed E-state index contributed by atoms with van der Waals surface area (Å²) in [6.07, 6.45) is 3.12. The lowest BCUT2D eigenvalue weighted by Gasteiger charge is -2.09. The third kappa shape index (κ3) is 4.85. The molecular weight excluding hydrogens is 425 g/mol. The Kier molecular flexibility index (Phi) is 6.35. The molecule has 4 rings (SSSR count). The molecule has 7 nitrogen and oxygen atoms in total. The number of aromatic hydroxyl groups is 1. The smallest absolute Gasteiger partial charge is 0.226 e. The van der Waals surface area contributed by atoms with Gasteiger partial charge in [0.25, 0.3) is 0 Å². The number of nitrogens with zero attached hydrogens (tertiary/aromatic N) is 2. The molecule has 0 saturated heterocycles. The highest BCUT2D eigenvalue weighted by molar-refractivity contribution is 6.18. The van der Waals surface area contributed by atoms with Gasteiger partial charge in [0.05, 0.1) is 32.0 Å². The summed E-state index contributed by atoms with van der Waals surface area (Å²) in [5, 5.41) is 13.0. The van der Waals surface area contributed by atoms with E-state index < -0.39 is 5.95 Å². The van der Waals surface area contributed by atoms with Crippen LogP contribution in [0.5, 0.6) is 17.2 Å². The highest BCUT2D eigenvalue weighted by Crippen LogP contribution is 2.39. The molecule has 8 heteroatoms. The van der Waals surface area contributed by atoms with E-state index in [9.17, 15) is 14.3 Å². The number of pyridine rings is 1. The van der Waals surface area contributed by atoms with Crippen molar-refractivity contribution in [1.82, 2.24) is 10.3 Å². The Balaban J connectivity index is 1.63. The lowest BCUT2D eigenvalue weighted by Crippen LogP contribution is -2.25. The number of phenols is 1. The molecule has 1 amide bonds. The van der Waals surface area contributed by atoms with Crippen LogP contribution in [-0.2, 0) is 11.3 Å². The van der Waals surface area contributed by atoms with Crippen molar-refractivity contribution in [1.29, 1.82) is 0 Å². The van der Waals surface area contributed by atoms with Crippen LogP contribution < -0.4 is 14.8 Å². The molecule has 1 aromatic heterocycles. The summed E-state index contributed by atoms with van der Waals surface area (Å²) in [6.45, 7) is 0.389. The second kappa shape index (κ2) is 9.52. The number of aromatic nitrogens is 1. The molecular formula is C25H22FN3O4. The number of hydrogen-bond acceptors (Lipinski definition) is 6. The summed E-state index contributed by atoms with van der Waals surface area (Å²) in [4.78, 5) is 20.9. The molecule has 0 radical (unpaired) electrons. The highest BCUT2D eigenvalue weighted by atomic mass is 19.1. The van der Waals surface area contributed by atoms with Crippen molar-refractivity contribution in [2.75, 3.05) is 14.2 Å². The maximum atomic E-state index is 13.9. The van der Waals surface area contributed by atoms with Crippen LogP contribution >= 0.6 is 0 Å². The van der Waals surface area contributed by atoms with Gasteiger partial charge < -0.3 is 19.9 Å². The minimum absolute atomic E-state index is 0.0111. The molecule has 0 spiro atoms. The first-order valence-corrected chi connectivity index (χ1v) is 10.2. The maximum Gasteiger partial charge on any atom is 0.226 e. The lowest BCUT2D eigenvalue weighted by atomic mass is 10.0. The molecule has 3 aromatic rings. The number of carbonyl (C=O) groups is 1. The van der Waals surface area contributed by atoms with E-state index in [-0.39, 0.29) is 29.6 Å². The zero-order valence-corrected chi connectivity index (χ0v) is 18.1. The predicted molar refractivity (Wildman–Crippen MR) is 123 cm³/mol. The van der Waals surface area contributed by atoms with Crippen molar-refractivity contribution in [3.8, 4) is 17.2 Å². The highest BCUT2D eigenvalue weighted by Gasteiger charge is 2.24. The van der Waals surface area contributed by atoms with Crippen molar-refractivity contribution >= 4 is 23.4 Å². The van der Waals surface area contributed by atoms with Crippen molar-refractivity contribution < 1.29 is 23.8 Å². The summed E-state index contributed by atoms with van der Waals surface area (Å²) in [6, 6.07) is 14.1. The average Bonchev–Trinajstić information content (AvgIpc) is 3.15. The fourth-order valence-electron chi connectivity index (χ4n) is 3.55. The van der Waals surface area contributed by atoms with E-state index >= 15 is 0 Å². The van der Waals surface area contributed by atoms with Gasteiger partial charge in [-0.2, -0.15) is 4.39 Å². The van der Waals surface area contributed by atoms with E-state index in [4.69, 9.17) is 9.47 Å². The van der Waals surface area contributed by atoms with Gasteiger partial charge in [-0.15, -0.1) is 0 Å². The first-order valence-electron chi connectivity index (χ1n) is 10.2. The number of carbonyl (C=O) groups excluding carboxylic acids is 1. The number of phenolic OH excluding ortho intramolecular Hbond substituents is 1. The summed E-state index contributed by atoms with van der Waals surface area (Å²) < 4.78 is 24.3. The van der Waals surface area contributed by atoms with Gasteiger partial charge in [0.2, 0.25) is 17.6 Å². The van der Waals surface area contributed by atoms with Crippen LogP contribution in [0.15, 0.2) is 59.7 Å². The van der Waals surface area contributed by atoms with Crippen LogP contribution in [0.3, 0.4) is 0 Å². The number of aliphatic imine (C=N–C) groups is 1. The summed E-state index contributed by atoms with van der Waals surface area (Å²) in [5.41, 5.74) is 3.70. The van der Waals surface area contributed by atoms with Crippen LogP contribution in [0.2, 0.25) is 0 Å².